The van der Waals surface area contributed by atoms with E-state index in [9.17, 15) is 24.8 Å². The average molecular weight is 497 g/mol. The summed E-state index contributed by atoms with van der Waals surface area (Å²) in [7, 11) is 0. The van der Waals surface area contributed by atoms with Crippen LogP contribution in [-0.2, 0) is 17.6 Å². The van der Waals surface area contributed by atoms with Gasteiger partial charge in [0, 0.05) is 27.9 Å². The number of nitro groups is 1. The van der Waals surface area contributed by atoms with Crippen LogP contribution in [0.3, 0.4) is 0 Å². The SMILES string of the molecule is Cc1cc(/C=N/NC(=O)COc2ccccc2[N+](=O)[O-])c(C)n1-c1sc2c(c1C(=O)O)CCCC2. The van der Waals surface area contributed by atoms with Crippen molar-refractivity contribution in [2.45, 2.75) is 39.5 Å². The lowest BCUT2D eigenvalue weighted by Crippen LogP contribution is -2.24. The molecule has 11 heteroatoms. The monoisotopic (exact) mass is 496 g/mol. The Morgan fingerprint density at radius 3 is 2.77 bits per heavy atom. The molecule has 0 spiro atoms. The molecule has 1 aliphatic rings. The first-order chi connectivity index (χ1) is 16.8. The van der Waals surface area contributed by atoms with Gasteiger partial charge in [-0.15, -0.1) is 11.3 Å². The van der Waals surface area contributed by atoms with E-state index in [2.05, 4.69) is 10.5 Å². The van der Waals surface area contributed by atoms with Crippen molar-refractivity contribution in [3.8, 4) is 10.8 Å². The van der Waals surface area contributed by atoms with Crippen LogP contribution < -0.4 is 10.2 Å². The molecular formula is C24H24N4O6S. The van der Waals surface area contributed by atoms with Crippen LogP contribution in [0, 0.1) is 24.0 Å². The van der Waals surface area contributed by atoms with Crippen molar-refractivity contribution in [1.82, 2.24) is 9.99 Å². The Morgan fingerprint density at radius 2 is 2.03 bits per heavy atom. The molecular weight excluding hydrogens is 472 g/mol. The van der Waals surface area contributed by atoms with Crippen LogP contribution in [0.25, 0.3) is 5.00 Å². The molecule has 0 bridgehead atoms. The summed E-state index contributed by atoms with van der Waals surface area (Å²) in [5.74, 6) is -1.51. The second kappa shape index (κ2) is 10.1. The zero-order valence-corrected chi connectivity index (χ0v) is 20.1. The van der Waals surface area contributed by atoms with Crippen molar-refractivity contribution in [3.05, 3.63) is 73.4 Å². The van der Waals surface area contributed by atoms with Crippen LogP contribution in [-0.4, -0.2) is 39.3 Å². The summed E-state index contributed by atoms with van der Waals surface area (Å²) < 4.78 is 7.18. The molecule has 10 nitrogen and oxygen atoms in total. The molecule has 0 unspecified atom stereocenters. The highest BCUT2D eigenvalue weighted by atomic mass is 32.1. The number of hydrazone groups is 1. The number of rotatable bonds is 8. The first kappa shape index (κ1) is 24.1. The maximum Gasteiger partial charge on any atom is 0.339 e. The predicted molar refractivity (Wildman–Crippen MR) is 131 cm³/mol. The summed E-state index contributed by atoms with van der Waals surface area (Å²) in [5.41, 5.74) is 5.82. The summed E-state index contributed by atoms with van der Waals surface area (Å²) in [6.07, 6.45) is 5.21. The number of aromatic nitrogens is 1. The molecule has 3 aromatic rings. The van der Waals surface area contributed by atoms with E-state index in [-0.39, 0.29) is 11.4 Å². The molecule has 2 heterocycles. The number of thiophene rings is 1. The second-order valence-corrected chi connectivity index (χ2v) is 9.25. The molecule has 182 valence electrons. The predicted octanol–water partition coefficient (Wildman–Crippen LogP) is 4.17. The molecule has 4 rings (SSSR count). The van der Waals surface area contributed by atoms with E-state index in [1.165, 1.54) is 35.8 Å². The number of hydrogen-bond acceptors (Lipinski definition) is 7. The lowest BCUT2D eigenvalue weighted by Gasteiger charge is -2.11. The molecule has 0 saturated heterocycles. The molecule has 2 N–H and O–H groups in total. The van der Waals surface area contributed by atoms with E-state index in [1.807, 2.05) is 24.5 Å². The number of carboxylic acids is 1. The van der Waals surface area contributed by atoms with E-state index in [0.29, 0.717) is 10.6 Å². The normalized spacial score (nSPS) is 13.0. The molecule has 1 aromatic carbocycles. The van der Waals surface area contributed by atoms with Crippen molar-refractivity contribution in [2.75, 3.05) is 6.61 Å². The zero-order chi connectivity index (χ0) is 25.1. The fourth-order valence-electron chi connectivity index (χ4n) is 4.24. The van der Waals surface area contributed by atoms with E-state index >= 15 is 0 Å². The number of carboxylic acid groups (broad SMARTS) is 1. The fraction of sp³-hybridized carbons (Fsp3) is 0.292. The van der Waals surface area contributed by atoms with Crippen molar-refractivity contribution < 1.29 is 24.4 Å². The van der Waals surface area contributed by atoms with Crippen LogP contribution in [0.4, 0.5) is 5.69 Å². The van der Waals surface area contributed by atoms with Crippen LogP contribution in [0.15, 0.2) is 35.4 Å². The Hall–Kier alpha value is -3.99. The third-order valence-corrected chi connectivity index (χ3v) is 7.13. The second-order valence-electron chi connectivity index (χ2n) is 8.16. The maximum absolute atomic E-state index is 12.1. The molecule has 2 aromatic heterocycles. The number of nitrogens with one attached hydrogen (secondary N) is 1. The number of amides is 1. The average Bonchev–Trinajstić information content (AvgIpc) is 3.34. The number of hydrogen-bond donors (Lipinski definition) is 2. The maximum atomic E-state index is 12.1. The number of carbonyl (C=O) groups is 2. The first-order valence-electron chi connectivity index (χ1n) is 11.0. The van der Waals surface area contributed by atoms with Gasteiger partial charge in [-0.2, -0.15) is 5.10 Å². The molecule has 35 heavy (non-hydrogen) atoms. The van der Waals surface area contributed by atoms with Crippen LogP contribution in [0.5, 0.6) is 5.75 Å². The Morgan fingerprint density at radius 1 is 1.29 bits per heavy atom. The number of para-hydroxylation sites is 2. The van der Waals surface area contributed by atoms with Gasteiger partial charge in [0.05, 0.1) is 16.7 Å². The van der Waals surface area contributed by atoms with Gasteiger partial charge in [0.15, 0.2) is 12.4 Å². The minimum absolute atomic E-state index is 0.00643. The number of aromatic carboxylic acids is 1. The summed E-state index contributed by atoms with van der Waals surface area (Å²) in [6.45, 7) is 3.33. The van der Waals surface area contributed by atoms with Crippen LogP contribution in [0.2, 0.25) is 0 Å². The highest BCUT2D eigenvalue weighted by molar-refractivity contribution is 7.15. The Kier molecular flexibility index (Phi) is 6.97. The molecule has 0 saturated carbocycles. The summed E-state index contributed by atoms with van der Waals surface area (Å²) in [4.78, 5) is 35.8. The zero-order valence-electron chi connectivity index (χ0n) is 19.2. The number of carbonyl (C=O) groups excluding carboxylic acids is 1. The topological polar surface area (TPSA) is 136 Å². The molecule has 0 aliphatic heterocycles. The van der Waals surface area contributed by atoms with Gasteiger partial charge in [0.25, 0.3) is 5.91 Å². The number of ether oxygens (including phenoxy) is 1. The van der Waals surface area contributed by atoms with Gasteiger partial charge in [-0.1, -0.05) is 12.1 Å². The standard InChI is InChI=1S/C24H24N4O6S/c1-14-11-16(12-25-26-21(29)13-34-19-9-5-4-8-18(19)28(32)33)15(2)27(14)23-22(24(30)31)17-7-3-6-10-20(17)35-23/h4-5,8-9,11-12H,3,6-7,10,13H2,1-2H3,(H,26,29)(H,30,31)/b25-12+. The molecule has 0 fully saturated rings. The molecule has 0 radical (unpaired) electrons. The van der Waals surface area contributed by atoms with E-state index in [4.69, 9.17) is 4.74 Å². The molecule has 0 atom stereocenters. The summed E-state index contributed by atoms with van der Waals surface area (Å²) in [6, 6.07) is 7.67. The third-order valence-electron chi connectivity index (χ3n) is 5.85. The summed E-state index contributed by atoms with van der Waals surface area (Å²) >= 11 is 1.52. The van der Waals surface area contributed by atoms with Crippen molar-refractivity contribution in [3.63, 3.8) is 0 Å². The number of aryl methyl sites for hydroxylation is 2. The van der Waals surface area contributed by atoms with Gasteiger partial charge in [0.2, 0.25) is 0 Å². The minimum atomic E-state index is -0.923. The third kappa shape index (κ3) is 4.94. The highest BCUT2D eigenvalue weighted by Crippen LogP contribution is 2.38. The molecule has 1 amide bonds. The largest absolute Gasteiger partial charge is 0.478 e. The molecule has 1 aliphatic carbocycles. The number of fused-ring (bicyclic) bond motifs is 1. The van der Waals surface area contributed by atoms with Crippen molar-refractivity contribution >= 4 is 35.1 Å². The lowest BCUT2D eigenvalue weighted by atomic mass is 9.95. The van der Waals surface area contributed by atoms with Crippen LogP contribution >= 0.6 is 11.3 Å². The van der Waals surface area contributed by atoms with Crippen LogP contribution in [0.1, 0.15) is 50.6 Å². The number of benzene rings is 1. The van der Waals surface area contributed by atoms with E-state index < -0.39 is 23.4 Å². The Labute approximate surface area is 205 Å². The van der Waals surface area contributed by atoms with Crippen molar-refractivity contribution in [1.29, 1.82) is 0 Å². The van der Waals surface area contributed by atoms with Gasteiger partial charge < -0.3 is 14.4 Å². The first-order valence-corrected chi connectivity index (χ1v) is 11.8. The summed E-state index contributed by atoms with van der Waals surface area (Å²) in [5, 5.41) is 25.6. The Bertz CT molecular complexity index is 1340. The smallest absolute Gasteiger partial charge is 0.339 e. The van der Waals surface area contributed by atoms with Gasteiger partial charge in [-0.05, 0) is 57.2 Å². The van der Waals surface area contributed by atoms with E-state index in [1.54, 1.807) is 6.07 Å². The van der Waals surface area contributed by atoms with E-state index in [0.717, 1.165) is 53.1 Å². The quantitative estimate of drug-likeness (QED) is 0.273. The van der Waals surface area contributed by atoms with Crippen molar-refractivity contribution in [2.24, 2.45) is 5.10 Å². The van der Waals surface area contributed by atoms with Gasteiger partial charge >= 0.3 is 11.7 Å². The van der Waals surface area contributed by atoms with Gasteiger partial charge in [0.1, 0.15) is 5.00 Å². The highest BCUT2D eigenvalue weighted by Gasteiger charge is 2.27. The minimum Gasteiger partial charge on any atom is -0.478 e. The number of nitrogens with zero attached hydrogens (tertiary/aromatic N) is 3. The fourth-order valence-corrected chi connectivity index (χ4v) is 5.73. The number of nitro benzene ring substituents is 1. The van der Waals surface area contributed by atoms with Gasteiger partial charge in [-0.3, -0.25) is 14.9 Å². The Balaban J connectivity index is 1.48. The lowest BCUT2D eigenvalue weighted by molar-refractivity contribution is -0.385. The van der Waals surface area contributed by atoms with Gasteiger partial charge in [-0.25, -0.2) is 10.2 Å².